The number of hydrazone groups is 1. The second-order valence-corrected chi connectivity index (χ2v) is 6.04. The molecule has 1 aromatic rings. The van der Waals surface area contributed by atoms with E-state index in [1.807, 2.05) is 0 Å². The summed E-state index contributed by atoms with van der Waals surface area (Å²) in [6, 6.07) is 6.51. The summed E-state index contributed by atoms with van der Waals surface area (Å²) in [5, 5.41) is 15.7. The molecule has 138 valence electrons. The molecule has 1 aromatic carbocycles. The van der Waals surface area contributed by atoms with Crippen molar-refractivity contribution in [2.75, 3.05) is 6.54 Å². The van der Waals surface area contributed by atoms with Crippen molar-refractivity contribution in [1.29, 1.82) is 0 Å². The fraction of sp³-hybridized carbons (Fsp3) is 0.526. The lowest BCUT2D eigenvalue weighted by Gasteiger charge is -2.04. The summed E-state index contributed by atoms with van der Waals surface area (Å²) in [6.45, 7) is 2.10. The Kier molecular flexibility index (Phi) is 10.7. The van der Waals surface area contributed by atoms with Crippen LogP contribution in [0.2, 0.25) is 0 Å². The number of unbranched alkanes of at least 4 members (excludes halogenated alkanes) is 6. The van der Waals surface area contributed by atoms with Gasteiger partial charge in [0.25, 0.3) is 5.91 Å². The van der Waals surface area contributed by atoms with Crippen LogP contribution in [0.4, 0.5) is 0 Å². The maximum absolute atomic E-state index is 11.7. The monoisotopic (exact) mass is 347 g/mol. The number of benzene rings is 1. The van der Waals surface area contributed by atoms with Gasteiger partial charge in [-0.25, -0.2) is 5.43 Å². The Labute approximate surface area is 149 Å². The molecule has 1 rings (SSSR count). The minimum absolute atomic E-state index is 0.0906. The minimum Gasteiger partial charge on any atom is -0.508 e. The summed E-state index contributed by atoms with van der Waals surface area (Å²) >= 11 is 0. The van der Waals surface area contributed by atoms with Gasteiger partial charge in [-0.1, -0.05) is 57.6 Å². The van der Waals surface area contributed by atoms with Crippen LogP contribution in [-0.2, 0) is 9.59 Å². The highest BCUT2D eigenvalue weighted by molar-refractivity contribution is 5.86. The Bertz CT molecular complexity index is 559. The topological polar surface area (TPSA) is 90.8 Å². The molecule has 0 aliphatic rings. The van der Waals surface area contributed by atoms with Crippen LogP contribution in [0.1, 0.15) is 63.9 Å². The van der Waals surface area contributed by atoms with Gasteiger partial charge in [0.1, 0.15) is 5.75 Å². The molecule has 0 heterocycles. The van der Waals surface area contributed by atoms with E-state index in [4.69, 9.17) is 0 Å². The van der Waals surface area contributed by atoms with Gasteiger partial charge in [-0.2, -0.15) is 5.10 Å². The number of phenolic OH excluding ortho intramolecular Hbond substituents is 1. The van der Waals surface area contributed by atoms with Gasteiger partial charge in [0.05, 0.1) is 12.8 Å². The van der Waals surface area contributed by atoms with Gasteiger partial charge < -0.3 is 10.4 Å². The number of hydrogen-bond acceptors (Lipinski definition) is 4. The molecule has 0 radical (unpaired) electrons. The number of rotatable bonds is 12. The molecule has 0 aliphatic carbocycles. The van der Waals surface area contributed by atoms with Gasteiger partial charge in [0, 0.05) is 6.42 Å². The van der Waals surface area contributed by atoms with E-state index in [1.165, 1.54) is 38.0 Å². The molecule has 0 saturated carbocycles. The van der Waals surface area contributed by atoms with Gasteiger partial charge >= 0.3 is 0 Å². The molecule has 6 heteroatoms. The average molecular weight is 347 g/mol. The van der Waals surface area contributed by atoms with Crippen molar-refractivity contribution in [1.82, 2.24) is 10.7 Å². The van der Waals surface area contributed by atoms with E-state index in [0.29, 0.717) is 12.0 Å². The van der Waals surface area contributed by atoms with Crippen LogP contribution in [0.25, 0.3) is 0 Å². The number of carbonyl (C=O) groups excluding carboxylic acids is 2. The normalized spacial score (nSPS) is 10.8. The number of nitrogens with one attached hydrogen (secondary N) is 2. The van der Waals surface area contributed by atoms with Crippen LogP contribution in [0.15, 0.2) is 29.4 Å². The summed E-state index contributed by atoms with van der Waals surface area (Å²) in [7, 11) is 0. The number of carbonyl (C=O) groups is 2. The predicted octanol–water partition coefficient (Wildman–Crippen LogP) is 3.10. The molecule has 2 amide bonds. The number of nitrogens with zero attached hydrogens (tertiary/aromatic N) is 1. The van der Waals surface area contributed by atoms with Crippen molar-refractivity contribution in [2.45, 2.75) is 58.3 Å². The van der Waals surface area contributed by atoms with Gasteiger partial charge in [-0.3, -0.25) is 9.59 Å². The van der Waals surface area contributed by atoms with Crippen LogP contribution in [-0.4, -0.2) is 29.7 Å². The van der Waals surface area contributed by atoms with Crippen LogP contribution in [0, 0.1) is 0 Å². The second kappa shape index (κ2) is 13.0. The van der Waals surface area contributed by atoms with Crippen molar-refractivity contribution < 1.29 is 14.7 Å². The Balaban J connectivity index is 2.08. The highest BCUT2D eigenvalue weighted by atomic mass is 16.3. The summed E-state index contributed by atoms with van der Waals surface area (Å²) in [6.07, 6.45) is 9.97. The molecule has 0 bridgehead atoms. The Morgan fingerprint density at radius 3 is 2.52 bits per heavy atom. The van der Waals surface area contributed by atoms with Crippen LogP contribution in [0.5, 0.6) is 5.75 Å². The fourth-order valence-electron chi connectivity index (χ4n) is 2.33. The smallest absolute Gasteiger partial charge is 0.259 e. The van der Waals surface area contributed by atoms with E-state index in [1.54, 1.807) is 18.2 Å². The lowest BCUT2D eigenvalue weighted by Crippen LogP contribution is -2.34. The van der Waals surface area contributed by atoms with E-state index < -0.39 is 0 Å². The lowest BCUT2D eigenvalue weighted by atomic mass is 10.1. The van der Waals surface area contributed by atoms with E-state index in [0.717, 1.165) is 19.3 Å². The first-order chi connectivity index (χ1) is 12.1. The van der Waals surface area contributed by atoms with Crippen LogP contribution in [0.3, 0.4) is 0 Å². The van der Waals surface area contributed by atoms with Crippen molar-refractivity contribution in [3.8, 4) is 5.75 Å². The molecule has 0 aromatic heterocycles. The third kappa shape index (κ3) is 10.9. The highest BCUT2D eigenvalue weighted by Gasteiger charge is 2.04. The number of aromatic hydroxyl groups is 1. The summed E-state index contributed by atoms with van der Waals surface area (Å²) in [5.41, 5.74) is 3.01. The quantitative estimate of drug-likeness (QED) is 0.308. The predicted molar refractivity (Wildman–Crippen MR) is 99.5 cm³/mol. The third-order valence-electron chi connectivity index (χ3n) is 3.73. The largest absolute Gasteiger partial charge is 0.508 e. The maximum atomic E-state index is 11.7. The Morgan fingerprint density at radius 2 is 1.80 bits per heavy atom. The molecular weight excluding hydrogens is 318 g/mol. The van der Waals surface area contributed by atoms with E-state index in [-0.39, 0.29) is 24.1 Å². The second-order valence-electron chi connectivity index (χ2n) is 6.04. The van der Waals surface area contributed by atoms with Gasteiger partial charge in [0.15, 0.2) is 0 Å². The van der Waals surface area contributed by atoms with Crippen LogP contribution < -0.4 is 10.7 Å². The fourth-order valence-corrected chi connectivity index (χ4v) is 2.33. The molecular formula is C19H29N3O3. The van der Waals surface area contributed by atoms with Gasteiger partial charge in [0.2, 0.25) is 5.91 Å². The Morgan fingerprint density at radius 1 is 1.08 bits per heavy atom. The molecule has 0 saturated heterocycles. The molecule has 0 atom stereocenters. The minimum atomic E-state index is -0.385. The van der Waals surface area contributed by atoms with Crippen molar-refractivity contribution in [3.05, 3.63) is 29.8 Å². The lowest BCUT2D eigenvalue weighted by molar-refractivity contribution is -0.126. The number of amides is 2. The summed E-state index contributed by atoms with van der Waals surface area (Å²) in [4.78, 5) is 23.3. The van der Waals surface area contributed by atoms with Crippen molar-refractivity contribution in [2.24, 2.45) is 5.10 Å². The van der Waals surface area contributed by atoms with Crippen LogP contribution >= 0.6 is 0 Å². The summed E-state index contributed by atoms with van der Waals surface area (Å²) < 4.78 is 0. The zero-order valence-corrected chi connectivity index (χ0v) is 15.0. The zero-order chi connectivity index (χ0) is 18.3. The molecule has 0 fully saturated rings. The van der Waals surface area contributed by atoms with Gasteiger partial charge in [-0.05, 0) is 24.1 Å². The Hall–Kier alpha value is -2.37. The highest BCUT2D eigenvalue weighted by Crippen LogP contribution is 2.09. The van der Waals surface area contributed by atoms with Gasteiger partial charge in [-0.15, -0.1) is 0 Å². The SMILES string of the molecule is CCCCCCCCCC(=O)NCC(=O)N/N=C/c1cccc(O)c1. The molecule has 6 nitrogen and oxygen atoms in total. The first-order valence-corrected chi connectivity index (χ1v) is 8.99. The molecule has 3 N–H and O–H groups in total. The average Bonchev–Trinajstić information content (AvgIpc) is 2.59. The molecule has 0 unspecified atom stereocenters. The summed E-state index contributed by atoms with van der Waals surface area (Å²) in [5.74, 6) is -0.363. The van der Waals surface area contributed by atoms with E-state index in [2.05, 4.69) is 22.8 Å². The van der Waals surface area contributed by atoms with E-state index in [9.17, 15) is 14.7 Å². The van der Waals surface area contributed by atoms with Crippen molar-refractivity contribution >= 4 is 18.0 Å². The maximum Gasteiger partial charge on any atom is 0.259 e. The molecule has 0 spiro atoms. The first kappa shape index (κ1) is 20.7. The number of phenols is 1. The standard InChI is InChI=1S/C19H29N3O3/c1-2-3-4-5-6-7-8-12-18(24)20-15-19(25)22-21-14-16-10-9-11-17(23)13-16/h9-11,13-14,23H,2-8,12,15H2,1H3,(H,20,24)(H,22,25)/b21-14+. The first-order valence-electron chi connectivity index (χ1n) is 8.99. The van der Waals surface area contributed by atoms with Crippen molar-refractivity contribution in [3.63, 3.8) is 0 Å². The number of hydrogen-bond donors (Lipinski definition) is 3. The third-order valence-corrected chi connectivity index (χ3v) is 3.73. The molecule has 0 aliphatic heterocycles. The molecule has 25 heavy (non-hydrogen) atoms. The van der Waals surface area contributed by atoms with E-state index >= 15 is 0 Å². The zero-order valence-electron chi connectivity index (χ0n) is 15.0.